The summed E-state index contributed by atoms with van der Waals surface area (Å²) in [6.07, 6.45) is 18.3. The van der Waals surface area contributed by atoms with E-state index < -0.39 is 126 Å². The Morgan fingerprint density at radius 2 is 0.547 bits per heavy atom. The third-order valence-corrected chi connectivity index (χ3v) is 27.9. The largest absolute Gasteiger partial charge is 0.506 e. The van der Waals surface area contributed by atoms with Crippen LogP contribution in [-0.4, -0.2) is 210 Å². The Morgan fingerprint density at radius 1 is 0.280 bits per heavy atom. The highest BCUT2D eigenvalue weighted by Crippen LogP contribution is 2.44. The summed E-state index contributed by atoms with van der Waals surface area (Å²) in [7, 11) is 3.14. The number of hydrogen-bond acceptors (Lipinski definition) is 24. The number of para-hydroxylation sites is 2. The molecule has 36 nitrogen and oxygen atoms in total. The van der Waals surface area contributed by atoms with E-state index >= 15 is 0 Å². The number of halogens is 2. The molecule has 0 unspecified atom stereocenters. The molecule has 6 saturated heterocycles. The Morgan fingerprint density at radius 3 is 0.860 bits per heavy atom. The number of hydrogen-bond donors (Lipinski definition) is 16. The number of aromatic nitrogens is 6. The number of aromatic carboxylic acids is 6. The molecule has 6 aromatic heterocycles. The first-order chi connectivity index (χ1) is 72.0. The highest BCUT2D eigenvalue weighted by molar-refractivity contribution is 5.96. The van der Waals surface area contributed by atoms with E-state index in [1.807, 2.05) is 107 Å². The van der Waals surface area contributed by atoms with Gasteiger partial charge in [-0.2, -0.15) is 0 Å². The lowest BCUT2D eigenvalue weighted by atomic mass is 9.98. The van der Waals surface area contributed by atoms with E-state index in [9.17, 15) is 97.0 Å². The fourth-order valence-electron chi connectivity index (χ4n) is 20.2. The normalized spacial score (nSPS) is 14.2. The number of carboxylic acids is 6. The Hall–Kier alpha value is -16.7. The van der Waals surface area contributed by atoms with Gasteiger partial charge < -0.3 is 120 Å². The van der Waals surface area contributed by atoms with E-state index in [1.54, 1.807) is 52.3 Å². The first-order valence-electron chi connectivity index (χ1n) is 50.6. The molecule has 0 amide bonds. The van der Waals surface area contributed by atoms with Gasteiger partial charge in [0.15, 0.2) is 22.3 Å². The van der Waals surface area contributed by atoms with Crippen LogP contribution < -0.4 is 72.2 Å². The van der Waals surface area contributed by atoms with Crippen LogP contribution in [0.1, 0.15) is 227 Å². The van der Waals surface area contributed by atoms with Crippen molar-refractivity contribution in [3.8, 4) is 102 Å². The van der Waals surface area contributed by atoms with E-state index in [-0.39, 0.29) is 39.9 Å². The fourth-order valence-corrected chi connectivity index (χ4v) is 20.2. The van der Waals surface area contributed by atoms with Gasteiger partial charge in [0.2, 0.25) is 0 Å². The number of carboxylic acid groups (broad SMARTS) is 6. The van der Waals surface area contributed by atoms with Gasteiger partial charge in [-0.3, -0.25) is 28.8 Å². The average molecular weight is 2060 g/mol. The van der Waals surface area contributed by atoms with E-state index in [0.29, 0.717) is 94.2 Å². The van der Waals surface area contributed by atoms with Gasteiger partial charge in [-0.15, -0.1) is 0 Å². The molecule has 0 spiro atoms. The molecule has 12 heterocycles. The topological polar surface area (TPSA) is 540 Å². The second kappa shape index (κ2) is 50.1. The lowest BCUT2D eigenvalue weighted by Crippen LogP contribution is -2.29. The van der Waals surface area contributed by atoms with Crippen molar-refractivity contribution in [1.29, 1.82) is 0 Å². The molecule has 12 aromatic rings. The van der Waals surface area contributed by atoms with E-state index in [1.165, 1.54) is 49.9 Å². The summed E-state index contributed by atoms with van der Waals surface area (Å²) >= 11 is 0. The molecule has 16 N–H and O–H groups in total. The van der Waals surface area contributed by atoms with Crippen molar-refractivity contribution in [3.63, 3.8) is 0 Å². The summed E-state index contributed by atoms with van der Waals surface area (Å²) in [4.78, 5) is 169. The summed E-state index contributed by atoms with van der Waals surface area (Å²) < 4.78 is 40.4. The number of aromatic hydroxyl groups is 4. The lowest BCUT2D eigenvalue weighted by Gasteiger charge is -2.29. The number of pyridine rings is 6. The molecule has 0 aliphatic carbocycles. The van der Waals surface area contributed by atoms with Gasteiger partial charge in [0.05, 0.1) is 48.4 Å². The second-order valence-electron chi connectivity index (χ2n) is 36.9. The number of ether oxygens (including phenoxy) is 2. The number of nitrogens with zero attached hydrogens (tertiary/aromatic N) is 6. The molecule has 6 fully saturated rings. The zero-order valence-electron chi connectivity index (χ0n) is 85.0. The number of carbonyl (C=O) groups is 6. The predicted molar refractivity (Wildman–Crippen MR) is 571 cm³/mol. The highest BCUT2D eigenvalue weighted by atomic mass is 19.1. The van der Waals surface area contributed by atoms with Crippen molar-refractivity contribution in [3.05, 3.63) is 274 Å². The standard InChI is InChI=1S/C19H21FN2O4.C19H21FN2O3.2C19H22N2O5.C18H20N2O4.C18H20N2O3/c1-2-12-16(21-18(24)15(17(12)23)19(25)26)13-7-6-11(10-14(13)20)22-8-4-3-5-9-22;1-2-12-10-15(19(24)25)18(23)21-17(12)14-7-6-13(11-16(14)20)22-8-4-3-5-9-22;1-3-12-16(20-18(23)15(17(12)22)19(24)25)13-7-6-11(26-2)10-14(13)21-8-4-5-9-21;1-3-12-16(20-18(23)15(17(12)22)19(24)25)13-7-6-11(10-14(13)26-2)21-8-4-5-9-21;1-2-11-15(19-17(22)14(16(11)21)18(23)24)12-7-3-4-8-13(12)20-9-5-6-10-20;1-2-12-11-14(18(22)23)17(21)19-16(12)13-7-3-4-8-15(13)20-9-5-6-10-20/h6-7,10H,2-5,8-9H2,1H3,(H,25,26)(H2,21,23,24);6-7,10-11H,2-5,8-9H2,1H3,(H,21,23)(H,24,25);2*6-7,10H,3-5,8-9H2,1-2H3,(H,24,25)(H2,20,22,23);3-4,7-8H,2,5-6,9-10H2,1H3,(H,23,24)(H2,19,21,22);3-4,7-8,11H,2,5-6,9-10H2,1H3,(H,19,21)(H,22,23). The quantitative estimate of drug-likeness (QED) is 0.0239. The highest BCUT2D eigenvalue weighted by Gasteiger charge is 2.33. The number of methoxy groups -OCH3 is 2. The third kappa shape index (κ3) is 24.6. The minimum Gasteiger partial charge on any atom is -0.506 e. The molecular formula is C112H126F2N12O24. The van der Waals surface area contributed by atoms with Gasteiger partial charge in [0, 0.05) is 180 Å². The SMILES string of the molecule is CCc1c(-c2ccc(N3CCCC3)cc2OC)[nH]c(=O)c(C(=O)O)c1O.CCc1c(-c2ccc(N3CCCCC3)cc2F)[nH]c(=O)c(C(=O)O)c1O.CCc1c(-c2ccc(OC)cc2N2CCCC2)[nH]c(=O)c(C(=O)O)c1O.CCc1c(-c2ccccc2N2CCCC2)[nH]c(=O)c(C(=O)O)c1O.CCc1cc(C(=O)O)c(=O)[nH]c1-c1ccc(N2CCCCC2)cc1F.CCc1cc(C(=O)O)c(=O)[nH]c1-c1ccccc1N1CCCC1. The summed E-state index contributed by atoms with van der Waals surface area (Å²) in [6.45, 7) is 22.2. The van der Waals surface area contributed by atoms with Crippen molar-refractivity contribution in [2.24, 2.45) is 0 Å². The third-order valence-electron chi connectivity index (χ3n) is 27.9. The molecule has 6 aromatic carbocycles. The van der Waals surface area contributed by atoms with Crippen LogP contribution >= 0.6 is 0 Å². The van der Waals surface area contributed by atoms with Crippen molar-refractivity contribution >= 4 is 69.9 Å². The molecule has 38 heteroatoms. The predicted octanol–water partition coefficient (Wildman–Crippen LogP) is 17.3. The smallest absolute Gasteiger partial charge is 0.345 e. The maximum Gasteiger partial charge on any atom is 0.345 e. The van der Waals surface area contributed by atoms with Crippen LogP contribution in [0.15, 0.2) is 162 Å². The minimum absolute atomic E-state index is 0.114. The molecule has 0 bridgehead atoms. The summed E-state index contributed by atoms with van der Waals surface area (Å²) in [6, 6.07) is 39.4. The molecule has 150 heavy (non-hydrogen) atoms. The first kappa shape index (κ1) is 111. The van der Waals surface area contributed by atoms with Crippen LogP contribution in [0.25, 0.3) is 67.5 Å². The molecule has 0 atom stereocenters. The van der Waals surface area contributed by atoms with Crippen LogP contribution in [0.2, 0.25) is 0 Å². The molecule has 0 saturated carbocycles. The number of anilines is 6. The zero-order valence-corrected chi connectivity index (χ0v) is 85.0. The number of nitrogens with one attached hydrogen (secondary N) is 6. The number of aromatic amines is 6. The van der Waals surface area contributed by atoms with E-state index in [0.717, 1.165) is 205 Å². The van der Waals surface area contributed by atoms with Crippen molar-refractivity contribution in [2.45, 2.75) is 170 Å². The maximum absolute atomic E-state index is 14.8. The monoisotopic (exact) mass is 2060 g/mol. The molecule has 792 valence electrons. The fraction of sp³-hybridized carbons (Fsp3) is 0.357. The number of aryl methyl sites for hydroxylation is 2. The summed E-state index contributed by atoms with van der Waals surface area (Å²) in [5.74, 6) is -10.1. The van der Waals surface area contributed by atoms with Crippen molar-refractivity contribution in [2.75, 3.05) is 122 Å². The molecule has 6 aliphatic heterocycles. The van der Waals surface area contributed by atoms with Crippen LogP contribution in [0.5, 0.6) is 34.5 Å². The van der Waals surface area contributed by atoms with Gasteiger partial charge >= 0.3 is 35.8 Å². The van der Waals surface area contributed by atoms with E-state index in [2.05, 4.69) is 65.4 Å². The summed E-state index contributed by atoms with van der Waals surface area (Å²) in [5.41, 5.74) is 6.73. The number of piperidine rings is 2. The van der Waals surface area contributed by atoms with Gasteiger partial charge in [0.25, 0.3) is 33.4 Å². The van der Waals surface area contributed by atoms with Crippen LogP contribution in [0, 0.1) is 11.6 Å². The molecule has 18 rings (SSSR count). The Bertz CT molecular complexity index is 7420. The number of rotatable bonds is 26. The van der Waals surface area contributed by atoms with Crippen molar-refractivity contribution in [1.82, 2.24) is 29.9 Å². The van der Waals surface area contributed by atoms with Crippen LogP contribution in [-0.2, 0) is 38.5 Å². The Kier molecular flexibility index (Phi) is 36.9. The molecular weight excluding hydrogens is 1940 g/mol. The lowest BCUT2D eigenvalue weighted by molar-refractivity contribution is 0.0680. The Balaban J connectivity index is 0.000000150. The van der Waals surface area contributed by atoms with Gasteiger partial charge in [-0.05, 0) is 224 Å². The van der Waals surface area contributed by atoms with Crippen LogP contribution in [0.3, 0.4) is 0 Å². The van der Waals surface area contributed by atoms with Gasteiger partial charge in [0.1, 0.15) is 57.3 Å². The number of H-pyrrole nitrogens is 6. The van der Waals surface area contributed by atoms with Gasteiger partial charge in [-0.1, -0.05) is 77.9 Å². The van der Waals surface area contributed by atoms with Gasteiger partial charge in [-0.25, -0.2) is 37.5 Å². The van der Waals surface area contributed by atoms with Crippen LogP contribution in [0.4, 0.5) is 42.9 Å². The second-order valence-corrected chi connectivity index (χ2v) is 36.9. The molecule has 6 aliphatic rings. The van der Waals surface area contributed by atoms with E-state index in [4.69, 9.17) is 29.9 Å². The maximum atomic E-state index is 14.8. The number of benzene rings is 6. The summed E-state index contributed by atoms with van der Waals surface area (Å²) in [5, 5.41) is 96.1. The zero-order chi connectivity index (χ0) is 108. The Labute approximate surface area is 861 Å². The average Bonchev–Trinajstić information content (AvgIpc) is 1.62. The minimum atomic E-state index is -1.52. The first-order valence-corrected chi connectivity index (χ1v) is 50.6. The van der Waals surface area contributed by atoms with Crippen molar-refractivity contribution < 1.29 is 98.1 Å². The molecule has 0 radical (unpaired) electrons.